The van der Waals surface area contributed by atoms with Gasteiger partial charge in [0.15, 0.2) is 0 Å². The normalized spacial score (nSPS) is 20.5. The fraction of sp³-hybridized carbons (Fsp3) is 0.250. The molecule has 0 aliphatic carbocycles. The molecular weight excluding hydrogens is 344 g/mol. The Morgan fingerprint density at radius 3 is 2.89 bits per heavy atom. The molecule has 0 saturated carbocycles. The van der Waals surface area contributed by atoms with Gasteiger partial charge in [0.2, 0.25) is 11.7 Å². The zero-order valence-electron chi connectivity index (χ0n) is 14.5. The summed E-state index contributed by atoms with van der Waals surface area (Å²) in [5, 5.41) is 15.3. The summed E-state index contributed by atoms with van der Waals surface area (Å²) < 4.78 is 11.4. The first-order valence-electron chi connectivity index (χ1n) is 8.91. The van der Waals surface area contributed by atoms with Crippen molar-refractivity contribution < 1.29 is 14.0 Å². The minimum Gasteiger partial charge on any atom is -0.460 e. The molecule has 0 spiro atoms. The van der Waals surface area contributed by atoms with Gasteiger partial charge in [-0.15, -0.1) is 0 Å². The number of nitrogens with zero attached hydrogens (tertiary/aromatic N) is 4. The smallest absolute Gasteiger partial charge is 0.244 e. The Balaban J connectivity index is 1.40. The van der Waals surface area contributed by atoms with E-state index in [4.69, 9.17) is 8.94 Å². The van der Waals surface area contributed by atoms with E-state index in [1.54, 1.807) is 6.20 Å². The van der Waals surface area contributed by atoms with Crippen molar-refractivity contribution in [2.24, 2.45) is 0 Å². The predicted octanol–water partition coefficient (Wildman–Crippen LogP) is 3.19. The van der Waals surface area contributed by atoms with Crippen LogP contribution >= 0.6 is 0 Å². The second kappa shape index (κ2) is 6.61. The van der Waals surface area contributed by atoms with Gasteiger partial charge in [-0.1, -0.05) is 29.4 Å². The maximum absolute atomic E-state index is 10.2. The van der Waals surface area contributed by atoms with E-state index in [2.05, 4.69) is 20.0 Å². The molecule has 136 valence electrons. The van der Waals surface area contributed by atoms with Gasteiger partial charge in [0.25, 0.3) is 0 Å². The number of benzene rings is 1. The number of aliphatic hydroxyl groups is 1. The molecule has 1 fully saturated rings. The first-order chi connectivity index (χ1) is 13.3. The van der Waals surface area contributed by atoms with E-state index in [0.29, 0.717) is 36.9 Å². The summed E-state index contributed by atoms with van der Waals surface area (Å²) in [5.41, 5.74) is 1.52. The highest BCUT2D eigenvalue weighted by atomic mass is 16.5. The number of likely N-dealkylation sites (tertiary alicyclic amines) is 1. The number of hydrogen-bond acceptors (Lipinski definition) is 7. The van der Waals surface area contributed by atoms with E-state index in [-0.39, 0.29) is 6.04 Å². The van der Waals surface area contributed by atoms with Gasteiger partial charge in [0.1, 0.15) is 17.0 Å². The van der Waals surface area contributed by atoms with Gasteiger partial charge in [-0.05, 0) is 30.7 Å². The molecule has 0 amide bonds. The summed E-state index contributed by atoms with van der Waals surface area (Å²) in [6.45, 7) is 1.10. The number of furan rings is 1. The van der Waals surface area contributed by atoms with E-state index in [1.165, 1.54) is 0 Å². The topological polar surface area (TPSA) is 88.4 Å². The fourth-order valence-electron chi connectivity index (χ4n) is 3.60. The predicted molar refractivity (Wildman–Crippen MR) is 97.5 cm³/mol. The highest BCUT2D eigenvalue weighted by Crippen LogP contribution is 2.34. The lowest BCUT2D eigenvalue weighted by molar-refractivity contribution is 0.164. The van der Waals surface area contributed by atoms with Crippen LogP contribution in [-0.4, -0.2) is 37.8 Å². The summed E-state index contributed by atoms with van der Waals surface area (Å²) in [5.74, 6) is 1.79. The highest BCUT2D eigenvalue weighted by Gasteiger charge is 2.36. The van der Waals surface area contributed by atoms with Gasteiger partial charge < -0.3 is 14.0 Å². The Morgan fingerprint density at radius 2 is 2.04 bits per heavy atom. The second-order valence-electron chi connectivity index (χ2n) is 6.76. The fourth-order valence-corrected chi connectivity index (χ4v) is 3.60. The van der Waals surface area contributed by atoms with Crippen LogP contribution < -0.4 is 0 Å². The molecule has 3 aromatic heterocycles. The molecular formula is C20H18N4O3. The lowest BCUT2D eigenvalue weighted by Crippen LogP contribution is -2.24. The minimum atomic E-state index is -0.440. The number of aliphatic hydroxyl groups excluding tert-OH is 1. The average molecular weight is 362 g/mol. The van der Waals surface area contributed by atoms with E-state index < -0.39 is 6.10 Å². The number of pyridine rings is 1. The molecule has 0 unspecified atom stereocenters. The summed E-state index contributed by atoms with van der Waals surface area (Å²) >= 11 is 0. The van der Waals surface area contributed by atoms with Gasteiger partial charge in [-0.3, -0.25) is 9.88 Å². The van der Waals surface area contributed by atoms with Gasteiger partial charge in [-0.2, -0.15) is 4.98 Å². The molecule has 1 aromatic carbocycles. The molecule has 7 heteroatoms. The van der Waals surface area contributed by atoms with Crippen molar-refractivity contribution in [1.29, 1.82) is 0 Å². The lowest BCUT2D eigenvalue weighted by Gasteiger charge is -2.19. The number of rotatable bonds is 4. The van der Waals surface area contributed by atoms with Gasteiger partial charge in [0, 0.05) is 18.1 Å². The van der Waals surface area contributed by atoms with Crippen LogP contribution in [0.25, 0.3) is 22.5 Å². The molecule has 7 nitrogen and oxygen atoms in total. The Morgan fingerprint density at radius 1 is 1.15 bits per heavy atom. The van der Waals surface area contributed by atoms with Crippen LogP contribution in [0.5, 0.6) is 0 Å². The first kappa shape index (κ1) is 16.2. The Kier molecular flexibility index (Phi) is 3.95. The first-order valence-corrected chi connectivity index (χ1v) is 8.91. The Hall–Kier alpha value is -3.03. The van der Waals surface area contributed by atoms with E-state index in [9.17, 15) is 5.11 Å². The maximum atomic E-state index is 10.2. The van der Waals surface area contributed by atoms with Crippen molar-refractivity contribution in [3.63, 3.8) is 0 Å². The van der Waals surface area contributed by atoms with E-state index >= 15 is 0 Å². The third-order valence-electron chi connectivity index (χ3n) is 4.84. The minimum absolute atomic E-state index is 0.154. The van der Waals surface area contributed by atoms with Crippen LogP contribution in [-0.2, 0) is 6.54 Å². The van der Waals surface area contributed by atoms with Crippen LogP contribution in [0.1, 0.15) is 24.1 Å². The van der Waals surface area contributed by atoms with Crippen molar-refractivity contribution in [3.8, 4) is 11.5 Å². The average Bonchev–Trinajstić information content (AvgIpc) is 3.40. The number of fused-ring (bicyclic) bond motifs is 1. The molecule has 5 rings (SSSR count). The molecule has 2 atom stereocenters. The maximum Gasteiger partial charge on any atom is 0.244 e. The zero-order valence-corrected chi connectivity index (χ0v) is 14.5. The van der Waals surface area contributed by atoms with Crippen molar-refractivity contribution in [2.45, 2.75) is 25.1 Å². The highest BCUT2D eigenvalue weighted by molar-refractivity contribution is 5.77. The zero-order chi connectivity index (χ0) is 18.2. The summed E-state index contributed by atoms with van der Waals surface area (Å²) in [4.78, 5) is 10.9. The van der Waals surface area contributed by atoms with Crippen molar-refractivity contribution in [3.05, 3.63) is 66.4 Å². The van der Waals surface area contributed by atoms with Crippen molar-refractivity contribution in [2.75, 3.05) is 6.54 Å². The monoisotopic (exact) mass is 362 g/mol. The third kappa shape index (κ3) is 3.11. The van der Waals surface area contributed by atoms with Crippen LogP contribution in [0.15, 0.2) is 63.7 Å². The number of hydrogen-bond donors (Lipinski definition) is 1. The standard InChI is InChI=1S/C20H18N4O3/c25-14-10-17(20-22-19(23-27-20)16-6-3-4-8-21-16)24(11-14)12-15-9-13-5-1-2-7-18(13)26-15/h1-9,14,17,25H,10-12H2/t14-,17+/m1/s1. The molecule has 0 bridgehead atoms. The number of aromatic nitrogens is 3. The van der Waals surface area contributed by atoms with Crippen LogP contribution in [0.3, 0.4) is 0 Å². The number of β-amino-alcohol motifs (C(OH)–C–C–N with tert-alkyl or cyclic N) is 1. The Labute approximate surface area is 155 Å². The van der Waals surface area contributed by atoms with E-state index in [0.717, 1.165) is 16.7 Å². The molecule has 0 radical (unpaired) electrons. The summed E-state index contributed by atoms with van der Waals surface area (Å²) in [6.07, 6.45) is 1.80. The molecule has 4 heterocycles. The number of para-hydroxylation sites is 1. The quantitative estimate of drug-likeness (QED) is 0.596. The molecule has 1 aliphatic rings. The van der Waals surface area contributed by atoms with Crippen molar-refractivity contribution >= 4 is 11.0 Å². The second-order valence-corrected chi connectivity index (χ2v) is 6.76. The third-order valence-corrected chi connectivity index (χ3v) is 4.84. The Bertz CT molecular complexity index is 1030. The van der Waals surface area contributed by atoms with Crippen molar-refractivity contribution in [1.82, 2.24) is 20.0 Å². The van der Waals surface area contributed by atoms with Crippen LogP contribution in [0, 0.1) is 0 Å². The molecule has 27 heavy (non-hydrogen) atoms. The van der Waals surface area contributed by atoms with Crippen LogP contribution in [0.4, 0.5) is 0 Å². The van der Waals surface area contributed by atoms with Gasteiger partial charge in [-0.25, -0.2) is 0 Å². The molecule has 4 aromatic rings. The van der Waals surface area contributed by atoms with Gasteiger partial charge >= 0.3 is 0 Å². The molecule has 1 N–H and O–H groups in total. The lowest BCUT2D eigenvalue weighted by atomic mass is 10.2. The summed E-state index contributed by atoms with van der Waals surface area (Å²) in [7, 11) is 0. The SMILES string of the molecule is O[C@@H]1C[C@@H](c2nc(-c3ccccn3)no2)N(Cc2cc3ccccc3o2)C1. The molecule has 1 aliphatic heterocycles. The molecule has 1 saturated heterocycles. The largest absolute Gasteiger partial charge is 0.460 e. The summed E-state index contributed by atoms with van der Waals surface area (Å²) in [6, 6.07) is 15.4. The van der Waals surface area contributed by atoms with E-state index in [1.807, 2.05) is 48.5 Å². The van der Waals surface area contributed by atoms with Gasteiger partial charge in [0.05, 0.1) is 18.7 Å². The van der Waals surface area contributed by atoms with Crippen LogP contribution in [0.2, 0.25) is 0 Å².